The Morgan fingerprint density at radius 2 is 2.19 bits per heavy atom. The van der Waals surface area contributed by atoms with Crippen LogP contribution in [0.4, 0.5) is 0 Å². The number of hydrogen-bond acceptors (Lipinski definition) is 2. The first-order valence-corrected chi connectivity index (χ1v) is 7.56. The first-order chi connectivity index (χ1) is 7.56. The van der Waals surface area contributed by atoms with Gasteiger partial charge < -0.3 is 4.74 Å². The SMILES string of the molecule is COC1(CC(Br)c2sc(C)cc2C)CCC1. The molecule has 1 heterocycles. The minimum atomic E-state index is 0.151. The zero-order valence-electron chi connectivity index (χ0n) is 10.2. The third-order valence-electron chi connectivity index (χ3n) is 3.61. The molecule has 0 aromatic carbocycles. The lowest BCUT2D eigenvalue weighted by Gasteiger charge is -2.41. The molecule has 0 bridgehead atoms. The van der Waals surface area contributed by atoms with Crippen molar-refractivity contribution in [1.29, 1.82) is 0 Å². The molecule has 16 heavy (non-hydrogen) atoms. The van der Waals surface area contributed by atoms with E-state index >= 15 is 0 Å². The van der Waals surface area contributed by atoms with E-state index < -0.39 is 0 Å². The molecule has 1 fully saturated rings. The molecule has 0 amide bonds. The van der Waals surface area contributed by atoms with E-state index in [4.69, 9.17) is 4.74 Å². The predicted octanol–water partition coefficient (Wildman–Crippen LogP) is 4.76. The van der Waals surface area contributed by atoms with Crippen molar-refractivity contribution in [1.82, 2.24) is 0 Å². The molecule has 1 atom stereocenters. The summed E-state index contributed by atoms with van der Waals surface area (Å²) < 4.78 is 5.69. The van der Waals surface area contributed by atoms with Crippen molar-refractivity contribution in [2.45, 2.75) is 50.0 Å². The van der Waals surface area contributed by atoms with Crippen LogP contribution in [0.15, 0.2) is 6.07 Å². The van der Waals surface area contributed by atoms with Gasteiger partial charge in [-0.1, -0.05) is 15.9 Å². The summed E-state index contributed by atoms with van der Waals surface area (Å²) in [4.78, 5) is 3.32. The van der Waals surface area contributed by atoms with E-state index in [-0.39, 0.29) is 5.60 Å². The Morgan fingerprint density at radius 1 is 1.50 bits per heavy atom. The number of thiophene rings is 1. The Labute approximate surface area is 110 Å². The second kappa shape index (κ2) is 4.79. The van der Waals surface area contributed by atoms with Crippen LogP contribution in [0.25, 0.3) is 0 Å². The summed E-state index contributed by atoms with van der Waals surface area (Å²) >= 11 is 5.74. The van der Waals surface area contributed by atoms with Crippen molar-refractivity contribution in [3.8, 4) is 0 Å². The fourth-order valence-electron chi connectivity index (χ4n) is 2.45. The first kappa shape index (κ1) is 12.6. The van der Waals surface area contributed by atoms with Gasteiger partial charge in [-0.15, -0.1) is 11.3 Å². The molecule has 2 rings (SSSR count). The second-order valence-corrected chi connectivity index (χ2v) is 7.21. The molecule has 0 N–H and O–H groups in total. The minimum Gasteiger partial charge on any atom is -0.378 e. The number of rotatable bonds is 4. The molecule has 0 saturated heterocycles. The van der Waals surface area contributed by atoms with Gasteiger partial charge in [-0.2, -0.15) is 0 Å². The van der Waals surface area contributed by atoms with Gasteiger partial charge in [-0.25, -0.2) is 0 Å². The van der Waals surface area contributed by atoms with Crippen LogP contribution in [-0.2, 0) is 4.74 Å². The molecular weight excluding hydrogens is 284 g/mol. The van der Waals surface area contributed by atoms with Crippen molar-refractivity contribution < 1.29 is 4.74 Å². The van der Waals surface area contributed by atoms with Crippen LogP contribution in [0.1, 0.15) is 45.8 Å². The fourth-order valence-corrected chi connectivity index (χ4v) is 4.70. The third-order valence-corrected chi connectivity index (χ3v) is 5.96. The molecular formula is C13H19BrOS. The predicted molar refractivity (Wildman–Crippen MR) is 73.7 cm³/mol. The molecule has 0 radical (unpaired) electrons. The molecule has 1 aromatic heterocycles. The van der Waals surface area contributed by atoms with Gasteiger partial charge in [0.15, 0.2) is 0 Å². The number of aryl methyl sites for hydroxylation is 2. The number of halogens is 1. The van der Waals surface area contributed by atoms with Crippen LogP contribution in [0.2, 0.25) is 0 Å². The number of ether oxygens (including phenoxy) is 1. The molecule has 1 aliphatic carbocycles. The summed E-state index contributed by atoms with van der Waals surface area (Å²) in [5, 5.41) is 0. The van der Waals surface area contributed by atoms with Gasteiger partial charge in [0.25, 0.3) is 0 Å². The Kier molecular flexibility index (Phi) is 3.77. The van der Waals surface area contributed by atoms with Crippen LogP contribution in [-0.4, -0.2) is 12.7 Å². The summed E-state index contributed by atoms with van der Waals surface area (Å²) in [6, 6.07) is 2.27. The number of methoxy groups -OCH3 is 1. The highest BCUT2D eigenvalue weighted by Gasteiger charge is 2.39. The van der Waals surface area contributed by atoms with E-state index in [1.165, 1.54) is 34.6 Å². The maximum Gasteiger partial charge on any atom is 0.0693 e. The molecule has 1 unspecified atom stereocenters. The van der Waals surface area contributed by atoms with E-state index in [2.05, 4.69) is 35.8 Å². The summed E-state index contributed by atoms with van der Waals surface area (Å²) in [6.07, 6.45) is 4.85. The molecule has 0 spiro atoms. The van der Waals surface area contributed by atoms with Crippen LogP contribution >= 0.6 is 27.3 Å². The lowest BCUT2D eigenvalue weighted by Crippen LogP contribution is -2.39. The van der Waals surface area contributed by atoms with E-state index in [1.807, 2.05) is 18.4 Å². The van der Waals surface area contributed by atoms with Crippen molar-refractivity contribution in [2.24, 2.45) is 0 Å². The van der Waals surface area contributed by atoms with E-state index in [1.54, 1.807) is 0 Å². The van der Waals surface area contributed by atoms with Crippen LogP contribution in [0.5, 0.6) is 0 Å². The standard InChI is InChI=1S/C13H19BrOS/c1-9-7-10(2)16-12(9)11(14)8-13(15-3)5-4-6-13/h7,11H,4-6,8H2,1-3H3. The molecule has 1 aliphatic rings. The van der Waals surface area contributed by atoms with Gasteiger partial charge in [-0.3, -0.25) is 0 Å². The number of alkyl halides is 1. The Balaban J connectivity index is 2.07. The minimum absolute atomic E-state index is 0.151. The van der Waals surface area contributed by atoms with Crippen LogP contribution in [0.3, 0.4) is 0 Å². The van der Waals surface area contributed by atoms with Crippen molar-refractivity contribution in [3.63, 3.8) is 0 Å². The largest absolute Gasteiger partial charge is 0.378 e. The lowest BCUT2D eigenvalue weighted by molar-refractivity contribution is -0.0772. The van der Waals surface area contributed by atoms with Crippen LogP contribution in [0, 0.1) is 13.8 Å². The first-order valence-electron chi connectivity index (χ1n) is 5.82. The lowest BCUT2D eigenvalue weighted by atomic mass is 9.76. The van der Waals surface area contributed by atoms with Crippen LogP contribution < -0.4 is 0 Å². The second-order valence-electron chi connectivity index (χ2n) is 4.82. The Bertz CT molecular complexity index is 362. The molecule has 0 aliphatic heterocycles. The third kappa shape index (κ3) is 2.36. The van der Waals surface area contributed by atoms with Gasteiger partial charge >= 0.3 is 0 Å². The maximum absolute atomic E-state index is 5.69. The fraction of sp³-hybridized carbons (Fsp3) is 0.692. The van der Waals surface area contributed by atoms with Gasteiger partial charge in [0.05, 0.1) is 10.4 Å². The van der Waals surface area contributed by atoms with E-state index in [0.29, 0.717) is 4.83 Å². The topological polar surface area (TPSA) is 9.23 Å². The summed E-state index contributed by atoms with van der Waals surface area (Å²) in [5.41, 5.74) is 1.56. The quantitative estimate of drug-likeness (QED) is 0.729. The van der Waals surface area contributed by atoms with E-state index in [0.717, 1.165) is 6.42 Å². The number of hydrogen-bond donors (Lipinski definition) is 0. The molecule has 1 nitrogen and oxygen atoms in total. The zero-order chi connectivity index (χ0) is 11.8. The summed E-state index contributed by atoms with van der Waals surface area (Å²) in [6.45, 7) is 4.38. The molecule has 1 saturated carbocycles. The monoisotopic (exact) mass is 302 g/mol. The molecule has 90 valence electrons. The van der Waals surface area contributed by atoms with Gasteiger partial charge in [0.1, 0.15) is 0 Å². The summed E-state index contributed by atoms with van der Waals surface area (Å²) in [5.74, 6) is 0. The normalized spacial score (nSPS) is 20.5. The Morgan fingerprint density at radius 3 is 2.56 bits per heavy atom. The van der Waals surface area contributed by atoms with Crippen molar-refractivity contribution in [3.05, 3.63) is 21.4 Å². The molecule has 3 heteroatoms. The van der Waals surface area contributed by atoms with Gasteiger partial charge in [-0.05, 0) is 51.2 Å². The van der Waals surface area contributed by atoms with Gasteiger partial charge in [0, 0.05) is 16.9 Å². The van der Waals surface area contributed by atoms with Crippen molar-refractivity contribution >= 4 is 27.3 Å². The highest BCUT2D eigenvalue weighted by atomic mass is 79.9. The maximum atomic E-state index is 5.69. The molecule has 1 aromatic rings. The average Bonchev–Trinajstić information content (AvgIpc) is 2.51. The average molecular weight is 303 g/mol. The summed E-state index contributed by atoms with van der Waals surface area (Å²) in [7, 11) is 1.85. The highest BCUT2D eigenvalue weighted by molar-refractivity contribution is 9.09. The Hall–Kier alpha value is 0.140. The smallest absolute Gasteiger partial charge is 0.0693 e. The zero-order valence-corrected chi connectivity index (χ0v) is 12.6. The highest BCUT2D eigenvalue weighted by Crippen LogP contribution is 2.46. The van der Waals surface area contributed by atoms with Gasteiger partial charge in [0.2, 0.25) is 0 Å². The van der Waals surface area contributed by atoms with E-state index in [9.17, 15) is 0 Å². The van der Waals surface area contributed by atoms with Crippen molar-refractivity contribution in [2.75, 3.05) is 7.11 Å².